The fourth-order valence-electron chi connectivity index (χ4n) is 8.88. The molecule has 61 heavy (non-hydrogen) atoms. The Morgan fingerprint density at radius 3 is 1.00 bits per heavy atom. The maximum atomic E-state index is 12.5. The minimum atomic E-state index is -0.671. The minimum absolute atomic E-state index is 0.00109. The van der Waals surface area contributed by atoms with Crippen molar-refractivity contribution in [2.24, 2.45) is 0 Å². The van der Waals surface area contributed by atoms with Crippen molar-refractivity contribution in [2.45, 2.75) is 328 Å². The molecule has 0 rings (SSSR count). The van der Waals surface area contributed by atoms with Crippen molar-refractivity contribution in [1.82, 2.24) is 5.32 Å². The first-order valence-electron chi connectivity index (χ1n) is 27.8. The van der Waals surface area contributed by atoms with Crippen LogP contribution in [0.25, 0.3) is 0 Å². The summed E-state index contributed by atoms with van der Waals surface area (Å²) in [6.45, 7) is 4.95. The highest BCUT2D eigenvalue weighted by Gasteiger charge is 2.20. The van der Waals surface area contributed by atoms with Gasteiger partial charge in [-0.2, -0.15) is 0 Å². The van der Waals surface area contributed by atoms with Gasteiger partial charge in [-0.3, -0.25) is 9.59 Å². The van der Waals surface area contributed by atoms with E-state index in [1.54, 1.807) is 0 Å². The Balaban J connectivity index is 3.42. The molecule has 2 atom stereocenters. The molecule has 0 aromatic heterocycles. The molecule has 0 saturated carbocycles. The lowest BCUT2D eigenvalue weighted by Crippen LogP contribution is -2.45. The Bertz CT molecular complexity index is 867. The molecule has 6 heteroatoms. The summed E-state index contributed by atoms with van der Waals surface area (Å²) in [6, 6.07) is -0.549. The molecule has 0 saturated heterocycles. The van der Waals surface area contributed by atoms with Gasteiger partial charge in [0.1, 0.15) is 0 Å². The molecule has 2 unspecified atom stereocenters. The zero-order valence-corrected chi connectivity index (χ0v) is 41.4. The molecule has 0 aliphatic carbocycles. The highest BCUT2D eigenvalue weighted by Crippen LogP contribution is 2.18. The van der Waals surface area contributed by atoms with Crippen LogP contribution in [0.15, 0.2) is 0 Å². The Morgan fingerprint density at radius 1 is 0.393 bits per heavy atom. The summed E-state index contributed by atoms with van der Waals surface area (Å²) in [4.78, 5) is 24.5. The quantitative estimate of drug-likeness (QED) is 0.0418. The van der Waals surface area contributed by atoms with E-state index in [0.717, 1.165) is 51.4 Å². The number of carbonyl (C=O) groups is 2. The van der Waals surface area contributed by atoms with Crippen LogP contribution in [0.2, 0.25) is 0 Å². The highest BCUT2D eigenvalue weighted by molar-refractivity contribution is 5.76. The average Bonchev–Trinajstić information content (AvgIpc) is 3.26. The van der Waals surface area contributed by atoms with Crippen LogP contribution in [0.5, 0.6) is 0 Å². The van der Waals surface area contributed by atoms with Gasteiger partial charge < -0.3 is 20.3 Å². The van der Waals surface area contributed by atoms with E-state index in [2.05, 4.69) is 19.2 Å². The topological polar surface area (TPSA) is 95.9 Å². The first kappa shape index (κ1) is 59.9. The van der Waals surface area contributed by atoms with E-state index in [9.17, 15) is 19.8 Å². The molecule has 0 aromatic carbocycles. The molecule has 6 nitrogen and oxygen atoms in total. The third kappa shape index (κ3) is 48.2. The number of esters is 1. The van der Waals surface area contributed by atoms with Gasteiger partial charge in [0.2, 0.25) is 5.91 Å². The average molecular weight is 864 g/mol. The van der Waals surface area contributed by atoms with Crippen LogP contribution in [0.4, 0.5) is 0 Å². The predicted molar refractivity (Wildman–Crippen MR) is 264 cm³/mol. The van der Waals surface area contributed by atoms with E-state index in [-0.39, 0.29) is 18.5 Å². The second kappa shape index (κ2) is 51.5. The summed E-state index contributed by atoms with van der Waals surface area (Å²) >= 11 is 0. The number of nitrogens with one attached hydrogen (secondary N) is 1. The number of unbranched alkanes of at least 4 members (excludes halogenated alkanes) is 41. The van der Waals surface area contributed by atoms with E-state index >= 15 is 0 Å². The molecule has 0 aliphatic rings. The standard InChI is InChI=1S/C55H109NO5/c1-3-5-7-9-11-13-15-17-19-21-25-29-33-37-41-45-49-55(60)61-50-46-42-38-34-30-26-22-24-28-32-36-40-44-48-54(59)56-52(51-57)53(58)47-43-39-35-31-27-23-20-18-16-14-12-10-8-6-4-2/h52-53,57-58H,3-51H2,1-2H3,(H,56,59). The third-order valence-corrected chi connectivity index (χ3v) is 13.2. The summed E-state index contributed by atoms with van der Waals surface area (Å²) < 4.78 is 5.48. The van der Waals surface area contributed by atoms with Gasteiger partial charge >= 0.3 is 5.97 Å². The van der Waals surface area contributed by atoms with E-state index < -0.39 is 12.1 Å². The number of hydrogen-bond donors (Lipinski definition) is 3. The maximum absolute atomic E-state index is 12.5. The normalized spacial score (nSPS) is 12.5. The number of rotatable bonds is 52. The van der Waals surface area contributed by atoms with Crippen molar-refractivity contribution in [1.29, 1.82) is 0 Å². The SMILES string of the molecule is CCCCCCCCCCCCCCCCCCC(=O)OCCCCCCCCCCCCCCCC(=O)NC(CO)C(O)CCCCCCCCCCCCCCCCC. The number of amides is 1. The molecule has 0 spiro atoms. The van der Waals surface area contributed by atoms with Gasteiger partial charge in [0.25, 0.3) is 0 Å². The van der Waals surface area contributed by atoms with E-state index in [4.69, 9.17) is 4.74 Å². The summed E-state index contributed by atoms with van der Waals surface area (Å²) in [7, 11) is 0. The lowest BCUT2D eigenvalue weighted by molar-refractivity contribution is -0.143. The van der Waals surface area contributed by atoms with Crippen LogP contribution in [0.1, 0.15) is 316 Å². The number of carbonyl (C=O) groups excluding carboxylic acids is 2. The number of aliphatic hydroxyl groups is 2. The van der Waals surface area contributed by atoms with Crippen LogP contribution in [-0.2, 0) is 14.3 Å². The Kier molecular flexibility index (Phi) is 50.5. The lowest BCUT2D eigenvalue weighted by Gasteiger charge is -2.22. The summed E-state index contributed by atoms with van der Waals surface area (Å²) in [5.41, 5.74) is 0. The Labute approximate surface area is 381 Å². The molecular formula is C55H109NO5. The van der Waals surface area contributed by atoms with E-state index in [1.807, 2.05) is 0 Å². The zero-order chi connectivity index (χ0) is 44.4. The third-order valence-electron chi connectivity index (χ3n) is 13.2. The van der Waals surface area contributed by atoms with Gasteiger partial charge in [0.05, 0.1) is 25.4 Å². The largest absolute Gasteiger partial charge is 0.466 e. The van der Waals surface area contributed by atoms with Crippen LogP contribution in [0, 0.1) is 0 Å². The Hall–Kier alpha value is -1.14. The van der Waals surface area contributed by atoms with Crippen LogP contribution in [-0.4, -0.2) is 47.4 Å². The monoisotopic (exact) mass is 864 g/mol. The van der Waals surface area contributed by atoms with Gasteiger partial charge in [-0.05, 0) is 25.7 Å². The van der Waals surface area contributed by atoms with Crippen LogP contribution >= 0.6 is 0 Å². The molecule has 0 heterocycles. The molecule has 0 radical (unpaired) electrons. The molecule has 0 fully saturated rings. The smallest absolute Gasteiger partial charge is 0.305 e. The van der Waals surface area contributed by atoms with Crippen molar-refractivity contribution < 1.29 is 24.5 Å². The summed E-state index contributed by atoms with van der Waals surface area (Å²) in [6.07, 6.45) is 57.9. The van der Waals surface area contributed by atoms with Gasteiger partial charge in [-0.25, -0.2) is 0 Å². The number of hydrogen-bond acceptors (Lipinski definition) is 5. The second-order valence-electron chi connectivity index (χ2n) is 19.3. The van der Waals surface area contributed by atoms with Crippen molar-refractivity contribution >= 4 is 11.9 Å². The number of ether oxygens (including phenoxy) is 1. The van der Waals surface area contributed by atoms with Crippen molar-refractivity contribution in [3.05, 3.63) is 0 Å². The first-order valence-corrected chi connectivity index (χ1v) is 27.8. The maximum Gasteiger partial charge on any atom is 0.305 e. The molecular weight excluding hydrogens is 755 g/mol. The van der Waals surface area contributed by atoms with Crippen molar-refractivity contribution in [3.63, 3.8) is 0 Å². The molecule has 364 valence electrons. The molecule has 0 aliphatic heterocycles. The fraction of sp³-hybridized carbons (Fsp3) is 0.964. The fourth-order valence-corrected chi connectivity index (χ4v) is 8.88. The highest BCUT2D eigenvalue weighted by atomic mass is 16.5. The lowest BCUT2D eigenvalue weighted by atomic mass is 10.0. The molecule has 0 bridgehead atoms. The van der Waals surface area contributed by atoms with Crippen LogP contribution < -0.4 is 5.32 Å². The molecule has 3 N–H and O–H groups in total. The van der Waals surface area contributed by atoms with Gasteiger partial charge in [0.15, 0.2) is 0 Å². The summed E-state index contributed by atoms with van der Waals surface area (Å²) in [5, 5.41) is 23.2. The first-order chi connectivity index (χ1) is 30.0. The molecule has 1 amide bonds. The van der Waals surface area contributed by atoms with E-state index in [0.29, 0.717) is 25.9 Å². The second-order valence-corrected chi connectivity index (χ2v) is 19.3. The van der Waals surface area contributed by atoms with Gasteiger partial charge in [0, 0.05) is 12.8 Å². The summed E-state index contributed by atoms with van der Waals surface area (Å²) in [5.74, 6) is -0.0461. The predicted octanol–water partition coefficient (Wildman–Crippen LogP) is 16.7. The van der Waals surface area contributed by atoms with Crippen molar-refractivity contribution in [3.8, 4) is 0 Å². The van der Waals surface area contributed by atoms with Crippen LogP contribution in [0.3, 0.4) is 0 Å². The van der Waals surface area contributed by atoms with Crippen molar-refractivity contribution in [2.75, 3.05) is 13.2 Å². The minimum Gasteiger partial charge on any atom is -0.466 e. The zero-order valence-electron chi connectivity index (χ0n) is 41.4. The van der Waals surface area contributed by atoms with Gasteiger partial charge in [-0.15, -0.1) is 0 Å². The van der Waals surface area contributed by atoms with Gasteiger partial charge in [-0.1, -0.05) is 277 Å². The van der Waals surface area contributed by atoms with E-state index in [1.165, 1.54) is 231 Å². The Morgan fingerprint density at radius 2 is 0.672 bits per heavy atom. The molecule has 0 aromatic rings. The number of aliphatic hydroxyl groups excluding tert-OH is 2.